The number of amides is 1. The number of hydrogen-bond donors (Lipinski definition) is 2. The maximum absolute atomic E-state index is 13.2. The summed E-state index contributed by atoms with van der Waals surface area (Å²) in [5, 5.41) is 12.6. The van der Waals surface area contributed by atoms with E-state index in [1.54, 1.807) is 23.1 Å². The van der Waals surface area contributed by atoms with Crippen LogP contribution in [0.2, 0.25) is 5.02 Å². The van der Waals surface area contributed by atoms with Crippen LogP contribution in [-0.2, 0) is 0 Å². The Balaban J connectivity index is 1.25. The Labute approximate surface area is 200 Å². The lowest BCUT2D eigenvalue weighted by Gasteiger charge is -2.28. The maximum Gasteiger partial charge on any atom is 0.253 e. The fourth-order valence-electron chi connectivity index (χ4n) is 5.25. The summed E-state index contributed by atoms with van der Waals surface area (Å²) in [5.41, 5.74) is 8.58. The molecular formula is C23H23ClN8O2. The molecule has 0 spiro atoms. The number of aromatic nitrogens is 5. The number of carbonyl (C=O) groups excluding carboxylic acids is 1. The second-order valence-electron chi connectivity index (χ2n) is 8.99. The Morgan fingerprint density at radius 1 is 1.26 bits per heavy atom. The average Bonchev–Trinajstić information content (AvgIpc) is 3.58. The molecule has 1 amide bonds. The van der Waals surface area contributed by atoms with Crippen LogP contribution in [0.15, 0.2) is 35.1 Å². The number of anilines is 2. The fraction of sp³-hybridized carbons (Fsp3) is 0.348. The lowest BCUT2D eigenvalue weighted by molar-refractivity contribution is 0.0932. The molecule has 3 N–H and O–H groups in total. The van der Waals surface area contributed by atoms with Gasteiger partial charge in [0.05, 0.1) is 33.7 Å². The molecule has 3 aromatic heterocycles. The predicted octanol–water partition coefficient (Wildman–Crippen LogP) is 3.05. The number of nitrogens with one attached hydrogen (secondary N) is 1. The van der Waals surface area contributed by atoms with Crippen LogP contribution >= 0.6 is 11.6 Å². The highest BCUT2D eigenvalue weighted by Crippen LogP contribution is 2.43. The van der Waals surface area contributed by atoms with Crippen molar-refractivity contribution in [1.82, 2.24) is 30.2 Å². The Kier molecular flexibility index (Phi) is 4.73. The summed E-state index contributed by atoms with van der Waals surface area (Å²) in [5.74, 6) is 1.86. The van der Waals surface area contributed by atoms with E-state index < -0.39 is 0 Å². The fourth-order valence-corrected chi connectivity index (χ4v) is 5.51. The Morgan fingerprint density at radius 3 is 2.88 bits per heavy atom. The van der Waals surface area contributed by atoms with Crippen molar-refractivity contribution in [3.05, 3.63) is 52.7 Å². The normalized spacial score (nSPS) is 21.5. The van der Waals surface area contributed by atoms with Gasteiger partial charge in [0.2, 0.25) is 5.58 Å². The molecule has 0 radical (unpaired) electrons. The quantitative estimate of drug-likeness (QED) is 0.458. The molecule has 10 nitrogen and oxygen atoms in total. The average molecular weight is 479 g/mol. The zero-order valence-electron chi connectivity index (χ0n) is 18.7. The number of nitrogens with two attached hydrogens (primary N) is 1. The van der Waals surface area contributed by atoms with Gasteiger partial charge in [0, 0.05) is 12.2 Å². The smallest absolute Gasteiger partial charge is 0.253 e. The third-order valence-corrected chi connectivity index (χ3v) is 7.13. The number of carbonyl (C=O) groups is 1. The summed E-state index contributed by atoms with van der Waals surface area (Å²) in [6.07, 6.45) is 3.61. The van der Waals surface area contributed by atoms with Crippen molar-refractivity contribution in [1.29, 1.82) is 0 Å². The highest BCUT2D eigenvalue weighted by Gasteiger charge is 2.49. The van der Waals surface area contributed by atoms with Gasteiger partial charge in [0.25, 0.3) is 5.91 Å². The highest BCUT2D eigenvalue weighted by atomic mass is 35.5. The van der Waals surface area contributed by atoms with Gasteiger partial charge >= 0.3 is 0 Å². The Bertz CT molecular complexity index is 1430. The summed E-state index contributed by atoms with van der Waals surface area (Å²) >= 11 is 6.49. The van der Waals surface area contributed by atoms with Crippen molar-refractivity contribution < 1.29 is 9.32 Å². The SMILES string of the molecule is Cc1cc2c(N)noc2c(N2CC3CCC2C3NC(=O)c2ccc(-n3cnc(C)n3)cc2Cl)n1. The molecule has 34 heavy (non-hydrogen) atoms. The number of nitrogens with zero attached hydrogens (tertiary/aromatic N) is 6. The van der Waals surface area contributed by atoms with Crippen LogP contribution in [0.25, 0.3) is 16.7 Å². The zero-order chi connectivity index (χ0) is 23.6. The third kappa shape index (κ3) is 3.28. The van der Waals surface area contributed by atoms with Crippen LogP contribution in [0.3, 0.4) is 0 Å². The van der Waals surface area contributed by atoms with Crippen molar-refractivity contribution in [3.63, 3.8) is 0 Å². The van der Waals surface area contributed by atoms with Crippen molar-refractivity contribution in [2.45, 2.75) is 38.8 Å². The number of fused-ring (bicyclic) bond motifs is 3. The first kappa shape index (κ1) is 20.9. The van der Waals surface area contributed by atoms with Gasteiger partial charge in [-0.3, -0.25) is 4.79 Å². The molecule has 4 aromatic rings. The summed E-state index contributed by atoms with van der Waals surface area (Å²) in [7, 11) is 0. The van der Waals surface area contributed by atoms with E-state index in [1.165, 1.54) is 0 Å². The van der Waals surface area contributed by atoms with Crippen molar-refractivity contribution in [2.24, 2.45) is 5.92 Å². The van der Waals surface area contributed by atoms with E-state index in [4.69, 9.17) is 26.8 Å². The first-order chi connectivity index (χ1) is 16.4. The van der Waals surface area contributed by atoms with E-state index >= 15 is 0 Å². The van der Waals surface area contributed by atoms with Crippen LogP contribution in [0.4, 0.5) is 11.6 Å². The number of aryl methyl sites for hydroxylation is 2. The van der Waals surface area contributed by atoms with Gasteiger partial charge < -0.3 is 20.5 Å². The number of nitrogen functional groups attached to an aromatic ring is 1. The second-order valence-corrected chi connectivity index (χ2v) is 9.40. The molecule has 1 aliphatic carbocycles. The van der Waals surface area contributed by atoms with E-state index in [9.17, 15) is 4.79 Å². The van der Waals surface area contributed by atoms with Gasteiger partial charge in [-0.25, -0.2) is 14.6 Å². The van der Waals surface area contributed by atoms with E-state index in [2.05, 4.69) is 25.5 Å². The number of benzene rings is 1. The molecule has 3 unspecified atom stereocenters. The lowest BCUT2D eigenvalue weighted by atomic mass is 10.1. The first-order valence-corrected chi connectivity index (χ1v) is 11.5. The van der Waals surface area contributed by atoms with Crippen LogP contribution in [0, 0.1) is 19.8 Å². The van der Waals surface area contributed by atoms with Crippen LogP contribution in [0.5, 0.6) is 0 Å². The molecule has 11 heteroatoms. The largest absolute Gasteiger partial charge is 0.380 e. The molecule has 174 valence electrons. The number of pyridine rings is 1. The molecule has 2 bridgehead atoms. The van der Waals surface area contributed by atoms with Gasteiger partial charge in [0.1, 0.15) is 12.2 Å². The summed E-state index contributed by atoms with van der Waals surface area (Å²) < 4.78 is 7.14. The van der Waals surface area contributed by atoms with Crippen molar-refractivity contribution in [3.8, 4) is 5.69 Å². The Morgan fingerprint density at radius 2 is 2.12 bits per heavy atom. The molecule has 1 saturated carbocycles. The molecule has 3 atom stereocenters. The zero-order valence-corrected chi connectivity index (χ0v) is 19.5. The van der Waals surface area contributed by atoms with Crippen LogP contribution in [0.1, 0.15) is 34.7 Å². The topological polar surface area (TPSA) is 128 Å². The molecule has 1 aliphatic heterocycles. The molecule has 2 aliphatic rings. The van der Waals surface area contributed by atoms with E-state index in [0.29, 0.717) is 33.7 Å². The number of hydrogen-bond acceptors (Lipinski definition) is 8. The standard InChI is InChI=1S/C23H23ClN8O2/c1-11-7-16-20(34-30-21(16)25)22(27-11)31-9-13-3-6-18(31)19(13)28-23(33)15-5-4-14(8-17(15)24)32-10-26-12(2)29-32/h4-5,7-8,10,13,18-19H,3,6,9H2,1-2H3,(H2,25,30)(H,28,33). The molecule has 4 heterocycles. The van der Waals surface area contributed by atoms with Crippen molar-refractivity contribution in [2.75, 3.05) is 17.2 Å². The minimum absolute atomic E-state index is 0.0150. The molecular weight excluding hydrogens is 456 g/mol. The van der Waals surface area contributed by atoms with Gasteiger partial charge in [-0.15, -0.1) is 0 Å². The Hall–Kier alpha value is -3.66. The van der Waals surface area contributed by atoms with Crippen LogP contribution < -0.4 is 16.0 Å². The third-order valence-electron chi connectivity index (χ3n) is 6.82. The monoisotopic (exact) mass is 478 g/mol. The number of halogens is 1. The minimum atomic E-state index is -0.193. The van der Waals surface area contributed by atoms with Crippen molar-refractivity contribution >= 4 is 40.1 Å². The van der Waals surface area contributed by atoms with E-state index in [-0.39, 0.29) is 18.0 Å². The summed E-state index contributed by atoms with van der Waals surface area (Å²) in [6.45, 7) is 4.52. The highest BCUT2D eigenvalue weighted by molar-refractivity contribution is 6.34. The second kappa shape index (κ2) is 7.69. The van der Waals surface area contributed by atoms with Crippen LogP contribution in [-0.4, -0.2) is 49.4 Å². The predicted molar refractivity (Wildman–Crippen MR) is 127 cm³/mol. The summed E-state index contributed by atoms with van der Waals surface area (Å²) in [6, 6.07) is 7.23. The molecule has 1 aromatic carbocycles. The van der Waals surface area contributed by atoms with Gasteiger partial charge in [-0.1, -0.05) is 16.8 Å². The maximum atomic E-state index is 13.2. The molecule has 1 saturated heterocycles. The van der Waals surface area contributed by atoms with E-state index in [1.807, 2.05) is 26.0 Å². The number of rotatable bonds is 4. The van der Waals surface area contributed by atoms with E-state index in [0.717, 1.165) is 42.0 Å². The minimum Gasteiger partial charge on any atom is -0.380 e. The number of piperidine rings is 1. The molecule has 6 rings (SSSR count). The van der Waals surface area contributed by atoms with Gasteiger partial charge in [-0.2, -0.15) is 5.10 Å². The summed E-state index contributed by atoms with van der Waals surface area (Å²) in [4.78, 5) is 24.3. The molecule has 2 fully saturated rings. The lowest BCUT2D eigenvalue weighted by Crippen LogP contribution is -2.44. The first-order valence-electron chi connectivity index (χ1n) is 11.2. The van der Waals surface area contributed by atoms with Gasteiger partial charge in [-0.05, 0) is 56.9 Å². The van der Waals surface area contributed by atoms with Gasteiger partial charge in [0.15, 0.2) is 11.6 Å².